The second kappa shape index (κ2) is 12.3. The molecule has 0 N–H and O–H groups in total. The maximum absolute atomic E-state index is 2.49. The van der Waals surface area contributed by atoms with E-state index in [-0.39, 0.29) is 0 Å². The van der Waals surface area contributed by atoms with Crippen molar-refractivity contribution in [3.05, 3.63) is 241 Å². The van der Waals surface area contributed by atoms with Crippen molar-refractivity contribution in [1.29, 1.82) is 0 Å². The standard InChI is InChI=1S/C55H36N2/c1-3-18-37(19-4-1)56(52-32-15-10-25-44(52)46-27-17-28-47-45-26-11-16-33-53(45)57(54(46)47)38-20-5-2-6-21-38)39-34-35-43-42-24-9-14-31-50(42)55(51(43)36-39)48-29-12-7-22-40(48)41-23-8-13-30-49(41)55/h1-36H. The molecule has 0 unspecified atom stereocenters. The molecule has 57 heavy (non-hydrogen) atoms. The number of hydrogen-bond donors (Lipinski definition) is 0. The molecular formula is C55H36N2. The third-order valence-corrected chi connectivity index (χ3v) is 12.4. The maximum atomic E-state index is 2.49. The van der Waals surface area contributed by atoms with E-state index in [4.69, 9.17) is 0 Å². The summed E-state index contributed by atoms with van der Waals surface area (Å²) in [7, 11) is 0. The van der Waals surface area contributed by atoms with E-state index < -0.39 is 5.41 Å². The summed E-state index contributed by atoms with van der Waals surface area (Å²) >= 11 is 0. The molecule has 0 aliphatic heterocycles. The molecule has 1 aromatic heterocycles. The molecule has 0 bridgehead atoms. The Labute approximate surface area is 332 Å². The van der Waals surface area contributed by atoms with Gasteiger partial charge in [-0.3, -0.25) is 0 Å². The fourth-order valence-corrected chi connectivity index (χ4v) is 10.2. The van der Waals surface area contributed by atoms with Crippen molar-refractivity contribution < 1.29 is 0 Å². The van der Waals surface area contributed by atoms with Crippen molar-refractivity contribution in [3.63, 3.8) is 0 Å². The van der Waals surface area contributed by atoms with Crippen molar-refractivity contribution in [2.75, 3.05) is 4.90 Å². The lowest BCUT2D eigenvalue weighted by Gasteiger charge is -2.32. The van der Waals surface area contributed by atoms with Gasteiger partial charge in [0.05, 0.1) is 22.1 Å². The van der Waals surface area contributed by atoms with Gasteiger partial charge >= 0.3 is 0 Å². The first kappa shape index (κ1) is 31.9. The van der Waals surface area contributed by atoms with Crippen LogP contribution in [0, 0.1) is 0 Å². The highest BCUT2D eigenvalue weighted by atomic mass is 15.1. The van der Waals surface area contributed by atoms with Gasteiger partial charge in [-0.2, -0.15) is 0 Å². The normalized spacial score (nSPS) is 13.1. The quantitative estimate of drug-likeness (QED) is 0.172. The average Bonchev–Trinajstić information content (AvgIpc) is 3.89. The SMILES string of the molecule is c1ccc(N(c2ccc3c(c2)C2(c4ccccc4-c4ccccc42)c2ccccc2-3)c2ccccc2-c2cccc3c4ccccc4n(-c4ccccc4)c23)cc1. The molecule has 266 valence electrons. The summed E-state index contributed by atoms with van der Waals surface area (Å²) in [5.41, 5.74) is 19.4. The molecule has 1 spiro atoms. The molecule has 10 aromatic rings. The lowest BCUT2D eigenvalue weighted by atomic mass is 9.70. The van der Waals surface area contributed by atoms with E-state index in [1.165, 1.54) is 77.4 Å². The number of para-hydroxylation sites is 5. The smallest absolute Gasteiger partial charge is 0.0726 e. The molecular weight excluding hydrogens is 689 g/mol. The number of nitrogens with zero attached hydrogens (tertiary/aromatic N) is 2. The van der Waals surface area contributed by atoms with Gasteiger partial charge in [0.25, 0.3) is 0 Å². The molecule has 0 fully saturated rings. The van der Waals surface area contributed by atoms with Crippen LogP contribution in [-0.2, 0) is 5.41 Å². The first-order chi connectivity index (χ1) is 28.3. The minimum absolute atomic E-state index is 0.431. The molecule has 9 aromatic carbocycles. The predicted molar refractivity (Wildman–Crippen MR) is 237 cm³/mol. The van der Waals surface area contributed by atoms with Crippen LogP contribution in [0.15, 0.2) is 218 Å². The Kier molecular flexibility index (Phi) is 6.88. The van der Waals surface area contributed by atoms with Gasteiger partial charge in [0.2, 0.25) is 0 Å². The van der Waals surface area contributed by atoms with Crippen LogP contribution < -0.4 is 4.90 Å². The van der Waals surface area contributed by atoms with E-state index in [9.17, 15) is 0 Å². The summed E-state index contributed by atoms with van der Waals surface area (Å²) in [5.74, 6) is 0. The van der Waals surface area contributed by atoms with E-state index in [2.05, 4.69) is 228 Å². The van der Waals surface area contributed by atoms with Gasteiger partial charge in [-0.05, 0) is 93.0 Å². The summed E-state index contributed by atoms with van der Waals surface area (Å²) in [6, 6.07) is 80.4. The molecule has 2 aliphatic carbocycles. The van der Waals surface area contributed by atoms with Crippen LogP contribution in [-0.4, -0.2) is 4.57 Å². The Hall–Kier alpha value is -7.42. The highest BCUT2D eigenvalue weighted by Gasteiger charge is 2.51. The number of hydrogen-bond acceptors (Lipinski definition) is 1. The van der Waals surface area contributed by atoms with Crippen LogP contribution in [0.1, 0.15) is 22.3 Å². The molecule has 0 saturated heterocycles. The van der Waals surface area contributed by atoms with Gasteiger partial charge in [0.1, 0.15) is 0 Å². The molecule has 2 nitrogen and oxygen atoms in total. The first-order valence-electron chi connectivity index (χ1n) is 19.8. The van der Waals surface area contributed by atoms with E-state index >= 15 is 0 Å². The van der Waals surface area contributed by atoms with Crippen LogP contribution in [0.3, 0.4) is 0 Å². The molecule has 12 rings (SSSR count). The minimum Gasteiger partial charge on any atom is -0.310 e. The zero-order chi connectivity index (χ0) is 37.5. The Morgan fingerprint density at radius 2 is 0.842 bits per heavy atom. The van der Waals surface area contributed by atoms with Gasteiger partial charge in [-0.15, -0.1) is 0 Å². The lowest BCUT2D eigenvalue weighted by Crippen LogP contribution is -2.26. The molecule has 1 heterocycles. The number of rotatable bonds is 5. The van der Waals surface area contributed by atoms with E-state index in [1.807, 2.05) is 0 Å². The van der Waals surface area contributed by atoms with Crippen molar-refractivity contribution >= 4 is 38.9 Å². The number of benzene rings is 9. The van der Waals surface area contributed by atoms with Crippen molar-refractivity contribution in [2.45, 2.75) is 5.41 Å². The van der Waals surface area contributed by atoms with Crippen molar-refractivity contribution in [1.82, 2.24) is 4.57 Å². The van der Waals surface area contributed by atoms with Crippen molar-refractivity contribution in [3.8, 4) is 39.1 Å². The second-order valence-corrected chi connectivity index (χ2v) is 15.2. The van der Waals surface area contributed by atoms with E-state index in [1.54, 1.807) is 0 Å². The highest BCUT2D eigenvalue weighted by Crippen LogP contribution is 2.63. The van der Waals surface area contributed by atoms with Crippen LogP contribution >= 0.6 is 0 Å². The van der Waals surface area contributed by atoms with E-state index in [0.717, 1.165) is 22.7 Å². The average molecular weight is 725 g/mol. The molecule has 2 heteroatoms. The lowest BCUT2D eigenvalue weighted by molar-refractivity contribution is 0.793. The molecule has 2 aliphatic rings. The first-order valence-corrected chi connectivity index (χ1v) is 19.8. The summed E-state index contributed by atoms with van der Waals surface area (Å²) < 4.78 is 2.44. The summed E-state index contributed by atoms with van der Waals surface area (Å²) in [6.07, 6.45) is 0. The van der Waals surface area contributed by atoms with Crippen molar-refractivity contribution in [2.24, 2.45) is 0 Å². The number of fused-ring (bicyclic) bond motifs is 13. The zero-order valence-electron chi connectivity index (χ0n) is 31.2. The Morgan fingerprint density at radius 3 is 1.53 bits per heavy atom. The highest BCUT2D eigenvalue weighted by molar-refractivity contribution is 6.15. The van der Waals surface area contributed by atoms with Crippen LogP contribution in [0.5, 0.6) is 0 Å². The predicted octanol–water partition coefficient (Wildman–Crippen LogP) is 14.3. The largest absolute Gasteiger partial charge is 0.310 e. The third kappa shape index (κ3) is 4.41. The third-order valence-electron chi connectivity index (χ3n) is 12.4. The fraction of sp³-hybridized carbons (Fsp3) is 0.0182. The van der Waals surface area contributed by atoms with Gasteiger partial charge in [0.15, 0.2) is 0 Å². The van der Waals surface area contributed by atoms with Crippen LogP contribution in [0.25, 0.3) is 60.9 Å². The van der Waals surface area contributed by atoms with Gasteiger partial charge in [-0.25, -0.2) is 0 Å². The topological polar surface area (TPSA) is 8.17 Å². The van der Waals surface area contributed by atoms with Crippen LogP contribution in [0.4, 0.5) is 17.1 Å². The Morgan fingerprint density at radius 1 is 0.333 bits per heavy atom. The molecule has 0 radical (unpaired) electrons. The molecule has 0 saturated carbocycles. The van der Waals surface area contributed by atoms with Gasteiger partial charge < -0.3 is 9.47 Å². The van der Waals surface area contributed by atoms with Crippen LogP contribution in [0.2, 0.25) is 0 Å². The number of aromatic nitrogens is 1. The van der Waals surface area contributed by atoms with Gasteiger partial charge in [-0.1, -0.05) is 170 Å². The summed E-state index contributed by atoms with van der Waals surface area (Å²) in [5, 5.41) is 2.49. The maximum Gasteiger partial charge on any atom is 0.0726 e. The molecule has 0 amide bonds. The summed E-state index contributed by atoms with van der Waals surface area (Å²) in [6.45, 7) is 0. The Balaban J connectivity index is 1.14. The zero-order valence-corrected chi connectivity index (χ0v) is 31.2. The molecule has 0 atom stereocenters. The minimum atomic E-state index is -0.431. The Bertz CT molecular complexity index is 3130. The fourth-order valence-electron chi connectivity index (χ4n) is 10.2. The van der Waals surface area contributed by atoms with E-state index in [0.29, 0.717) is 0 Å². The second-order valence-electron chi connectivity index (χ2n) is 15.2. The monoisotopic (exact) mass is 724 g/mol. The summed E-state index contributed by atoms with van der Waals surface area (Å²) in [4.78, 5) is 2.47. The van der Waals surface area contributed by atoms with Gasteiger partial charge in [0, 0.05) is 39.0 Å². The number of anilines is 3.